The van der Waals surface area contributed by atoms with Crippen LogP contribution in [0.1, 0.15) is 25.7 Å². The van der Waals surface area contributed by atoms with E-state index in [0.717, 1.165) is 35.6 Å². The van der Waals surface area contributed by atoms with Crippen molar-refractivity contribution in [1.82, 2.24) is 15.1 Å². The molecule has 1 fully saturated rings. The van der Waals surface area contributed by atoms with Crippen LogP contribution in [0.25, 0.3) is 11.5 Å². The van der Waals surface area contributed by atoms with Crippen LogP contribution in [0.3, 0.4) is 0 Å². The summed E-state index contributed by atoms with van der Waals surface area (Å²) >= 11 is 3.51. The van der Waals surface area contributed by atoms with Gasteiger partial charge in [0.05, 0.1) is 12.1 Å². The molecule has 2 aromatic rings. The largest absolute Gasteiger partial charge is 0.419 e. The number of hydrogen-bond donors (Lipinski definition) is 0. The zero-order valence-corrected chi connectivity index (χ0v) is 13.1. The van der Waals surface area contributed by atoms with Crippen molar-refractivity contribution < 1.29 is 4.42 Å². The first-order valence-electron chi connectivity index (χ1n) is 7.02. The second-order valence-electron chi connectivity index (χ2n) is 5.46. The van der Waals surface area contributed by atoms with Crippen molar-refractivity contribution >= 4 is 15.9 Å². The third-order valence-corrected chi connectivity index (χ3v) is 4.36. The Morgan fingerprint density at radius 1 is 1.35 bits per heavy atom. The van der Waals surface area contributed by atoms with Gasteiger partial charge in [-0.1, -0.05) is 19.1 Å². The molecule has 0 saturated carbocycles. The predicted molar refractivity (Wildman–Crippen MR) is 81.1 cm³/mol. The molecule has 0 amide bonds. The van der Waals surface area contributed by atoms with Crippen molar-refractivity contribution in [2.75, 3.05) is 13.1 Å². The van der Waals surface area contributed by atoms with Crippen LogP contribution >= 0.6 is 15.9 Å². The lowest BCUT2D eigenvalue weighted by atomic mass is 10.0. The van der Waals surface area contributed by atoms with Crippen LogP contribution in [0.15, 0.2) is 33.2 Å². The van der Waals surface area contributed by atoms with E-state index in [2.05, 4.69) is 38.0 Å². The van der Waals surface area contributed by atoms with Gasteiger partial charge in [0.2, 0.25) is 11.8 Å². The first-order chi connectivity index (χ1) is 9.72. The standard InChI is InChI=1S/C15H18BrN3O/c1-11-5-4-8-19(9-11)10-14-17-18-15(20-14)12-6-2-3-7-13(12)16/h2-3,6-7,11H,4-5,8-10H2,1H3. The van der Waals surface area contributed by atoms with E-state index < -0.39 is 0 Å². The van der Waals surface area contributed by atoms with Crippen LogP contribution in [0.5, 0.6) is 0 Å². The van der Waals surface area contributed by atoms with Gasteiger partial charge in [-0.25, -0.2) is 0 Å². The molecule has 1 atom stereocenters. The highest BCUT2D eigenvalue weighted by molar-refractivity contribution is 9.10. The summed E-state index contributed by atoms with van der Waals surface area (Å²) in [4.78, 5) is 2.39. The van der Waals surface area contributed by atoms with Crippen molar-refractivity contribution in [3.05, 3.63) is 34.6 Å². The molecule has 5 heteroatoms. The molecule has 3 rings (SSSR count). The highest BCUT2D eigenvalue weighted by atomic mass is 79.9. The molecule has 1 aliphatic rings. The van der Waals surface area contributed by atoms with Gasteiger partial charge >= 0.3 is 0 Å². The Labute approximate surface area is 127 Å². The van der Waals surface area contributed by atoms with Gasteiger partial charge in [-0.15, -0.1) is 10.2 Å². The lowest BCUT2D eigenvalue weighted by molar-refractivity contribution is 0.163. The highest BCUT2D eigenvalue weighted by Gasteiger charge is 2.19. The molecular weight excluding hydrogens is 318 g/mol. The van der Waals surface area contributed by atoms with Crippen LogP contribution < -0.4 is 0 Å². The molecule has 106 valence electrons. The lowest BCUT2D eigenvalue weighted by Crippen LogP contribution is -2.33. The van der Waals surface area contributed by atoms with Crippen molar-refractivity contribution in [2.24, 2.45) is 5.92 Å². The molecule has 1 aliphatic heterocycles. The molecule has 2 heterocycles. The van der Waals surface area contributed by atoms with Crippen LogP contribution in [-0.2, 0) is 6.54 Å². The Morgan fingerprint density at radius 2 is 2.20 bits per heavy atom. The van der Waals surface area contributed by atoms with Crippen molar-refractivity contribution in [2.45, 2.75) is 26.3 Å². The molecule has 1 aromatic heterocycles. The van der Waals surface area contributed by atoms with Crippen LogP contribution in [-0.4, -0.2) is 28.2 Å². The van der Waals surface area contributed by atoms with E-state index in [9.17, 15) is 0 Å². The number of hydrogen-bond acceptors (Lipinski definition) is 4. The fraction of sp³-hybridized carbons (Fsp3) is 0.467. The van der Waals surface area contributed by atoms with Gasteiger partial charge in [0, 0.05) is 11.0 Å². The number of rotatable bonds is 3. The third-order valence-electron chi connectivity index (χ3n) is 3.67. The van der Waals surface area contributed by atoms with E-state index in [1.54, 1.807) is 0 Å². The van der Waals surface area contributed by atoms with Gasteiger partial charge in [0.1, 0.15) is 0 Å². The summed E-state index contributed by atoms with van der Waals surface area (Å²) < 4.78 is 6.77. The van der Waals surface area contributed by atoms with Crippen molar-refractivity contribution in [3.8, 4) is 11.5 Å². The van der Waals surface area contributed by atoms with E-state index in [4.69, 9.17) is 4.42 Å². The maximum absolute atomic E-state index is 5.79. The Kier molecular flexibility index (Phi) is 4.17. The molecule has 20 heavy (non-hydrogen) atoms. The summed E-state index contributed by atoms with van der Waals surface area (Å²) in [5.74, 6) is 2.04. The summed E-state index contributed by atoms with van der Waals surface area (Å²) in [5, 5.41) is 8.33. The Balaban J connectivity index is 1.72. The Morgan fingerprint density at radius 3 is 3.00 bits per heavy atom. The molecule has 1 aromatic carbocycles. The molecule has 0 spiro atoms. The minimum atomic E-state index is 0.581. The minimum Gasteiger partial charge on any atom is -0.419 e. The van der Waals surface area contributed by atoms with Gasteiger partial charge in [0.25, 0.3) is 0 Å². The molecular formula is C15H18BrN3O. The molecule has 1 unspecified atom stereocenters. The van der Waals surface area contributed by atoms with E-state index in [-0.39, 0.29) is 0 Å². The summed E-state index contributed by atoms with van der Waals surface area (Å²) in [6.45, 7) is 5.29. The van der Waals surface area contributed by atoms with Gasteiger partial charge in [-0.3, -0.25) is 4.90 Å². The number of piperidine rings is 1. The predicted octanol–water partition coefficient (Wildman–Crippen LogP) is 3.73. The van der Waals surface area contributed by atoms with E-state index in [1.807, 2.05) is 24.3 Å². The maximum atomic E-state index is 5.79. The molecule has 4 nitrogen and oxygen atoms in total. The normalized spacial score (nSPS) is 20.2. The van der Waals surface area contributed by atoms with E-state index >= 15 is 0 Å². The third kappa shape index (κ3) is 3.10. The molecule has 1 saturated heterocycles. The zero-order chi connectivity index (χ0) is 13.9. The number of aromatic nitrogens is 2. The van der Waals surface area contributed by atoms with Gasteiger partial charge in [-0.05, 0) is 53.4 Å². The number of halogens is 1. The summed E-state index contributed by atoms with van der Waals surface area (Å²) in [7, 11) is 0. The average Bonchev–Trinajstić information content (AvgIpc) is 2.87. The minimum absolute atomic E-state index is 0.581. The van der Waals surface area contributed by atoms with Crippen molar-refractivity contribution in [1.29, 1.82) is 0 Å². The molecule has 0 aliphatic carbocycles. The maximum Gasteiger partial charge on any atom is 0.248 e. The van der Waals surface area contributed by atoms with Gasteiger partial charge < -0.3 is 4.42 Å². The van der Waals surface area contributed by atoms with Gasteiger partial charge in [0.15, 0.2) is 0 Å². The number of nitrogens with zero attached hydrogens (tertiary/aromatic N) is 3. The summed E-state index contributed by atoms with van der Waals surface area (Å²) in [5.41, 5.74) is 0.943. The average molecular weight is 336 g/mol. The Bertz CT molecular complexity index is 584. The topological polar surface area (TPSA) is 42.2 Å². The molecule has 0 radical (unpaired) electrons. The fourth-order valence-electron chi connectivity index (χ4n) is 2.68. The Hall–Kier alpha value is -1.20. The SMILES string of the molecule is CC1CCCN(Cc2nnc(-c3ccccc3Br)o2)C1. The first kappa shape index (κ1) is 13.8. The second-order valence-corrected chi connectivity index (χ2v) is 6.32. The zero-order valence-electron chi connectivity index (χ0n) is 11.6. The lowest BCUT2D eigenvalue weighted by Gasteiger charge is -2.29. The van der Waals surface area contributed by atoms with Crippen LogP contribution in [0, 0.1) is 5.92 Å². The molecule has 0 bridgehead atoms. The van der Waals surface area contributed by atoms with Gasteiger partial charge in [-0.2, -0.15) is 0 Å². The monoisotopic (exact) mass is 335 g/mol. The first-order valence-corrected chi connectivity index (χ1v) is 7.81. The molecule has 0 N–H and O–H groups in total. The van der Waals surface area contributed by atoms with E-state index in [0.29, 0.717) is 11.8 Å². The van der Waals surface area contributed by atoms with Crippen LogP contribution in [0.4, 0.5) is 0 Å². The number of likely N-dealkylation sites (tertiary alicyclic amines) is 1. The second kappa shape index (κ2) is 6.06. The fourth-order valence-corrected chi connectivity index (χ4v) is 3.14. The van der Waals surface area contributed by atoms with Crippen LogP contribution in [0.2, 0.25) is 0 Å². The highest BCUT2D eigenvalue weighted by Crippen LogP contribution is 2.27. The number of benzene rings is 1. The summed E-state index contributed by atoms with van der Waals surface area (Å²) in [6, 6.07) is 7.89. The summed E-state index contributed by atoms with van der Waals surface area (Å²) in [6.07, 6.45) is 2.58. The van der Waals surface area contributed by atoms with E-state index in [1.165, 1.54) is 12.8 Å². The smallest absolute Gasteiger partial charge is 0.248 e. The quantitative estimate of drug-likeness (QED) is 0.856. The van der Waals surface area contributed by atoms with Crippen molar-refractivity contribution in [3.63, 3.8) is 0 Å².